The molecule has 4 rings (SSSR count). The zero-order valence-corrected chi connectivity index (χ0v) is 17.4. The van der Waals surface area contributed by atoms with Crippen LogP contribution in [0, 0.1) is 12.8 Å². The lowest BCUT2D eigenvalue weighted by molar-refractivity contribution is -0.676. The fraction of sp³-hybridized carbons (Fsp3) is 0.429. The van der Waals surface area contributed by atoms with E-state index in [2.05, 4.69) is 0 Å². The molecule has 1 atom stereocenters. The normalized spacial score (nSPS) is 18.3. The summed E-state index contributed by atoms with van der Waals surface area (Å²) in [5.74, 6) is 1.75. The first-order chi connectivity index (χ1) is 13.8. The van der Waals surface area contributed by atoms with E-state index < -0.39 is 6.04 Å². The number of imidazole rings is 1. The molecule has 1 aromatic heterocycles. The molecule has 1 saturated heterocycles. The largest absolute Gasteiger partial charge is 0.490 e. The number of aryl methyl sites for hydroxylation is 1. The fourth-order valence-electron chi connectivity index (χ4n) is 3.93. The first-order valence-electron chi connectivity index (χ1n) is 9.88. The Bertz CT molecular complexity index is 1020. The van der Waals surface area contributed by atoms with Crippen LogP contribution in [0.15, 0.2) is 35.5 Å². The second-order valence-electron chi connectivity index (χ2n) is 7.77. The maximum Gasteiger partial charge on any atom is 0.407 e. The third kappa shape index (κ3) is 2.90. The number of amides is 3. The number of rotatable bonds is 5. The van der Waals surface area contributed by atoms with Crippen LogP contribution in [-0.4, -0.2) is 52.3 Å². The summed E-state index contributed by atoms with van der Waals surface area (Å²) in [4.78, 5) is 33.5. The molecule has 1 unspecified atom stereocenters. The van der Waals surface area contributed by atoms with Gasteiger partial charge in [0.25, 0.3) is 5.91 Å². The Morgan fingerprint density at radius 2 is 1.97 bits per heavy atom. The highest BCUT2D eigenvalue weighted by Crippen LogP contribution is 2.34. The van der Waals surface area contributed by atoms with Gasteiger partial charge < -0.3 is 4.74 Å². The topological polar surface area (TPSA) is 71.0 Å². The van der Waals surface area contributed by atoms with Crippen LogP contribution in [-0.2, 0) is 4.79 Å². The third-order valence-electron chi connectivity index (χ3n) is 5.16. The van der Waals surface area contributed by atoms with Crippen LogP contribution in [0.25, 0.3) is 5.69 Å². The van der Waals surface area contributed by atoms with Gasteiger partial charge in [-0.3, -0.25) is 14.6 Å². The van der Waals surface area contributed by atoms with Gasteiger partial charge in [0.1, 0.15) is 17.6 Å². The van der Waals surface area contributed by atoms with E-state index in [0.717, 1.165) is 17.1 Å². The third-order valence-corrected chi connectivity index (χ3v) is 5.16. The number of urea groups is 1. The van der Waals surface area contributed by atoms with Crippen molar-refractivity contribution in [1.29, 1.82) is 0 Å². The predicted octanol–water partition coefficient (Wildman–Crippen LogP) is 2.61. The number of amidine groups is 1. The van der Waals surface area contributed by atoms with Crippen LogP contribution in [0.3, 0.4) is 0 Å². The van der Waals surface area contributed by atoms with Gasteiger partial charge in [-0.2, -0.15) is 4.57 Å². The lowest BCUT2D eigenvalue weighted by Gasteiger charge is -2.33. The molecule has 1 aromatic carbocycles. The van der Waals surface area contributed by atoms with E-state index in [0.29, 0.717) is 24.9 Å². The van der Waals surface area contributed by atoms with Gasteiger partial charge in [-0.05, 0) is 31.9 Å². The number of aromatic nitrogens is 2. The summed E-state index contributed by atoms with van der Waals surface area (Å²) in [5, 5.41) is 0. The van der Waals surface area contributed by atoms with Crippen LogP contribution in [0.4, 0.5) is 10.7 Å². The monoisotopic (exact) mass is 396 g/mol. The Hall–Kier alpha value is -3.16. The summed E-state index contributed by atoms with van der Waals surface area (Å²) in [5.41, 5.74) is 1.78. The molecule has 8 nitrogen and oxygen atoms in total. The second-order valence-corrected chi connectivity index (χ2v) is 7.77. The highest BCUT2D eigenvalue weighted by atomic mass is 16.5. The van der Waals surface area contributed by atoms with Crippen molar-refractivity contribution in [3.8, 4) is 11.4 Å². The number of para-hydroxylation sites is 2. The van der Waals surface area contributed by atoms with Crippen LogP contribution in [0.1, 0.15) is 32.5 Å². The molecule has 0 N–H and O–H groups in total. The number of ether oxygens (including phenoxy) is 1. The van der Waals surface area contributed by atoms with E-state index in [9.17, 15) is 9.59 Å². The Labute approximate surface area is 170 Å². The number of hydrogen-bond acceptors (Lipinski definition) is 4. The molecule has 8 heteroatoms. The molecule has 0 saturated carbocycles. The summed E-state index contributed by atoms with van der Waals surface area (Å²) in [6, 6.07) is 6.77. The average molecular weight is 396 g/mol. The number of carbonyl (C=O) groups is 2. The van der Waals surface area contributed by atoms with Crippen LogP contribution in [0.5, 0.6) is 5.75 Å². The Balaban J connectivity index is 1.84. The molecule has 2 aliphatic heterocycles. The van der Waals surface area contributed by atoms with Crippen molar-refractivity contribution in [1.82, 2.24) is 14.4 Å². The smallest absolute Gasteiger partial charge is 0.407 e. The molecule has 0 radical (unpaired) electrons. The molecule has 29 heavy (non-hydrogen) atoms. The number of hydrogen-bond donors (Lipinski definition) is 0. The van der Waals surface area contributed by atoms with Crippen molar-refractivity contribution >= 4 is 23.7 Å². The summed E-state index contributed by atoms with van der Waals surface area (Å²) < 4.78 is 9.62. The van der Waals surface area contributed by atoms with E-state index >= 15 is 0 Å². The van der Waals surface area contributed by atoms with Gasteiger partial charge in [0, 0.05) is 13.6 Å². The zero-order chi connectivity index (χ0) is 20.9. The molecule has 0 bridgehead atoms. The summed E-state index contributed by atoms with van der Waals surface area (Å²) in [6.45, 7) is 8.82. The minimum Gasteiger partial charge on any atom is -0.490 e. The predicted molar refractivity (Wildman–Crippen MR) is 108 cm³/mol. The van der Waals surface area contributed by atoms with Gasteiger partial charge >= 0.3 is 12.0 Å². The van der Waals surface area contributed by atoms with Crippen molar-refractivity contribution in [2.24, 2.45) is 10.9 Å². The maximum atomic E-state index is 13.2. The molecule has 3 amide bonds. The number of fused-ring (bicyclic) bond motifs is 3. The Kier molecular flexibility index (Phi) is 4.64. The highest BCUT2D eigenvalue weighted by Gasteiger charge is 2.53. The number of nitrogens with zero attached hydrogens (tertiary/aromatic N) is 5. The number of imide groups is 1. The van der Waals surface area contributed by atoms with Gasteiger partial charge in [-0.15, -0.1) is 0 Å². The minimum absolute atomic E-state index is 0.185. The summed E-state index contributed by atoms with van der Waals surface area (Å²) in [7, 11) is 1.67. The Morgan fingerprint density at radius 3 is 2.66 bits per heavy atom. The number of likely N-dealkylation sites (N-methyl/N-ethyl adjacent to an activating group) is 1. The lowest BCUT2D eigenvalue weighted by Crippen LogP contribution is -2.63. The quantitative estimate of drug-likeness (QED) is 0.730. The lowest BCUT2D eigenvalue weighted by atomic mass is 10.1. The summed E-state index contributed by atoms with van der Waals surface area (Å²) >= 11 is 0. The first-order valence-corrected chi connectivity index (χ1v) is 9.88. The van der Waals surface area contributed by atoms with Crippen LogP contribution < -0.4 is 9.30 Å². The van der Waals surface area contributed by atoms with Crippen molar-refractivity contribution in [3.05, 3.63) is 36.2 Å². The minimum atomic E-state index is -0.634. The number of carbonyl (C=O) groups excluding carboxylic acids is 2. The van der Waals surface area contributed by atoms with Crippen molar-refractivity contribution in [2.45, 2.75) is 33.7 Å². The second kappa shape index (κ2) is 7.02. The molecule has 2 aliphatic rings. The molecule has 1 fully saturated rings. The van der Waals surface area contributed by atoms with Crippen LogP contribution >= 0.6 is 0 Å². The zero-order valence-electron chi connectivity index (χ0n) is 17.4. The molecule has 0 spiro atoms. The van der Waals surface area contributed by atoms with Crippen molar-refractivity contribution < 1.29 is 18.9 Å². The van der Waals surface area contributed by atoms with Crippen molar-refractivity contribution in [2.75, 3.05) is 20.2 Å². The molecule has 2 aromatic rings. The standard InChI is InChI=1S/C21H26N5O3/c1-6-29-16-10-8-7-9-15(16)26-14(4)12-24-17-18(22-20(24)26)23(5)21(28)25(19(17)27)11-13(2)3/h7-10,12-13,17H,6,11H2,1-5H3/q+1. The maximum absolute atomic E-state index is 13.2. The van der Waals surface area contributed by atoms with Gasteiger partial charge in [0.15, 0.2) is 5.75 Å². The molecule has 152 valence electrons. The molecular formula is C21H26N5O3+. The van der Waals surface area contributed by atoms with Crippen molar-refractivity contribution in [3.63, 3.8) is 0 Å². The average Bonchev–Trinajstić information content (AvgIpc) is 3.19. The van der Waals surface area contributed by atoms with Crippen LogP contribution in [0.2, 0.25) is 0 Å². The molecule has 0 aliphatic carbocycles. The Morgan fingerprint density at radius 1 is 1.24 bits per heavy atom. The SMILES string of the molecule is CCOc1ccccc1-n1c(C)c[n+]2c1N=C1C2C(=O)N(CC(C)C)C(=O)N1C. The summed E-state index contributed by atoms with van der Waals surface area (Å²) in [6.07, 6.45) is 1.91. The number of benzene rings is 1. The highest BCUT2D eigenvalue weighted by molar-refractivity contribution is 6.19. The number of aliphatic imine (C=N–C) groups is 1. The van der Waals surface area contributed by atoms with E-state index in [4.69, 9.17) is 9.73 Å². The molecule has 3 heterocycles. The fourth-order valence-corrected chi connectivity index (χ4v) is 3.93. The van der Waals surface area contributed by atoms with Gasteiger partial charge in [-0.25, -0.2) is 9.36 Å². The van der Waals surface area contributed by atoms with Gasteiger partial charge in [0.05, 0.1) is 6.61 Å². The van der Waals surface area contributed by atoms with E-state index in [1.807, 2.05) is 67.3 Å². The first kappa shape index (κ1) is 19.2. The van der Waals surface area contributed by atoms with Gasteiger partial charge in [0.2, 0.25) is 11.9 Å². The van der Waals surface area contributed by atoms with E-state index in [1.54, 1.807) is 7.05 Å². The van der Waals surface area contributed by atoms with E-state index in [-0.39, 0.29) is 17.9 Å². The van der Waals surface area contributed by atoms with E-state index in [1.165, 1.54) is 9.80 Å². The van der Waals surface area contributed by atoms with Gasteiger partial charge in [-0.1, -0.05) is 31.0 Å². The molecular weight excluding hydrogens is 370 g/mol.